The number of hydrazine groups is 1. The van der Waals surface area contributed by atoms with E-state index in [0.29, 0.717) is 37.1 Å². The van der Waals surface area contributed by atoms with Crippen molar-refractivity contribution in [2.45, 2.75) is 50.3 Å². The van der Waals surface area contributed by atoms with E-state index in [1.165, 1.54) is 0 Å². The third-order valence-corrected chi connectivity index (χ3v) is 4.75. The fourth-order valence-corrected chi connectivity index (χ4v) is 2.91. The van der Waals surface area contributed by atoms with Crippen LogP contribution < -0.4 is 15.6 Å². The van der Waals surface area contributed by atoms with Gasteiger partial charge < -0.3 is 14.6 Å². The van der Waals surface area contributed by atoms with Crippen molar-refractivity contribution in [1.29, 1.82) is 0 Å². The molecule has 7 nitrogen and oxygen atoms in total. The summed E-state index contributed by atoms with van der Waals surface area (Å²) in [5.41, 5.74) is 5.57. The van der Waals surface area contributed by atoms with Gasteiger partial charge in [-0.1, -0.05) is 6.08 Å². The first-order valence-electron chi connectivity index (χ1n) is 9.36. The van der Waals surface area contributed by atoms with E-state index in [-0.39, 0.29) is 12.5 Å². The molecule has 0 unspecified atom stereocenters. The Kier molecular flexibility index (Phi) is 6.13. The maximum absolute atomic E-state index is 12.8. The number of ether oxygens (including phenoxy) is 2. The average molecular weight is 373 g/mol. The first-order valence-corrected chi connectivity index (χ1v) is 9.36. The number of aliphatic imine (C=N–C) groups is 1. The summed E-state index contributed by atoms with van der Waals surface area (Å²) < 4.78 is 11.5. The molecule has 27 heavy (non-hydrogen) atoms. The SMILES string of the molecule is C=CC[C@]1(C(=O)NNC2CC2)N=C(c2ccc(OCCCO)cc2)O[C@H]1C. The van der Waals surface area contributed by atoms with Crippen molar-refractivity contribution in [3.05, 3.63) is 42.5 Å². The average Bonchev–Trinajstić information content (AvgIpc) is 3.44. The molecule has 1 heterocycles. The molecule has 146 valence electrons. The van der Waals surface area contributed by atoms with E-state index in [4.69, 9.17) is 14.6 Å². The van der Waals surface area contributed by atoms with E-state index in [1.807, 2.05) is 31.2 Å². The molecule has 1 aromatic carbocycles. The lowest BCUT2D eigenvalue weighted by Crippen LogP contribution is -2.54. The number of rotatable bonds is 10. The Balaban J connectivity index is 1.74. The van der Waals surface area contributed by atoms with Crippen molar-refractivity contribution in [2.24, 2.45) is 4.99 Å². The van der Waals surface area contributed by atoms with Gasteiger partial charge in [0.2, 0.25) is 5.90 Å². The van der Waals surface area contributed by atoms with Crippen molar-refractivity contribution in [1.82, 2.24) is 10.9 Å². The molecule has 1 amide bonds. The molecule has 1 aliphatic heterocycles. The summed E-state index contributed by atoms with van der Waals surface area (Å²) in [4.78, 5) is 17.5. The number of hydrogen-bond donors (Lipinski definition) is 3. The number of nitrogens with zero attached hydrogens (tertiary/aromatic N) is 1. The highest BCUT2D eigenvalue weighted by molar-refractivity contribution is 6.00. The maximum Gasteiger partial charge on any atom is 0.266 e. The van der Waals surface area contributed by atoms with Crippen molar-refractivity contribution >= 4 is 11.8 Å². The second-order valence-electron chi connectivity index (χ2n) is 6.92. The lowest BCUT2D eigenvalue weighted by Gasteiger charge is -2.26. The predicted octanol–water partition coefficient (Wildman–Crippen LogP) is 1.71. The minimum Gasteiger partial charge on any atom is -0.494 e. The van der Waals surface area contributed by atoms with Gasteiger partial charge in [0.15, 0.2) is 5.54 Å². The summed E-state index contributed by atoms with van der Waals surface area (Å²) in [6.45, 7) is 6.19. The van der Waals surface area contributed by atoms with E-state index in [9.17, 15) is 4.79 Å². The monoisotopic (exact) mass is 373 g/mol. The van der Waals surface area contributed by atoms with Crippen LogP contribution >= 0.6 is 0 Å². The number of aliphatic hydroxyl groups is 1. The van der Waals surface area contributed by atoms with Gasteiger partial charge in [-0.25, -0.2) is 10.4 Å². The standard InChI is InChI=1S/C20H27N3O4/c1-3-11-20(19(25)23-22-16-7-8-16)14(2)27-18(21-20)15-5-9-17(10-6-15)26-13-4-12-24/h3,5-6,9-10,14,16,22,24H,1,4,7-8,11-13H2,2H3,(H,23,25)/t14-,20-/m0/s1. The Labute approximate surface area is 159 Å². The number of aliphatic hydroxyl groups excluding tert-OH is 1. The Bertz CT molecular complexity index is 700. The Morgan fingerprint density at radius 1 is 1.44 bits per heavy atom. The Morgan fingerprint density at radius 3 is 2.81 bits per heavy atom. The number of benzene rings is 1. The fraction of sp³-hybridized carbons (Fsp3) is 0.500. The lowest BCUT2D eigenvalue weighted by molar-refractivity contribution is -0.129. The van der Waals surface area contributed by atoms with E-state index in [0.717, 1.165) is 18.4 Å². The van der Waals surface area contributed by atoms with E-state index in [1.54, 1.807) is 6.08 Å². The van der Waals surface area contributed by atoms with Gasteiger partial charge in [0.25, 0.3) is 5.91 Å². The van der Waals surface area contributed by atoms with Crippen LogP contribution in [0.5, 0.6) is 5.75 Å². The molecule has 1 aliphatic carbocycles. The first-order chi connectivity index (χ1) is 13.1. The van der Waals surface area contributed by atoms with Crippen molar-refractivity contribution in [3.8, 4) is 5.75 Å². The van der Waals surface area contributed by atoms with Crippen LogP contribution in [0.3, 0.4) is 0 Å². The van der Waals surface area contributed by atoms with Crippen molar-refractivity contribution < 1.29 is 19.4 Å². The molecule has 3 N–H and O–H groups in total. The van der Waals surface area contributed by atoms with Gasteiger partial charge >= 0.3 is 0 Å². The maximum atomic E-state index is 12.8. The summed E-state index contributed by atoms with van der Waals surface area (Å²) in [6.07, 6.45) is 4.40. The third kappa shape index (κ3) is 4.48. The number of carbonyl (C=O) groups is 1. The lowest BCUT2D eigenvalue weighted by atomic mass is 9.90. The molecule has 7 heteroatoms. The van der Waals surface area contributed by atoms with Crippen LogP contribution in [0.4, 0.5) is 0 Å². The molecule has 3 rings (SSSR count). The smallest absolute Gasteiger partial charge is 0.266 e. The number of nitrogens with one attached hydrogen (secondary N) is 2. The van der Waals surface area contributed by atoms with Crippen LogP contribution in [-0.2, 0) is 9.53 Å². The molecule has 1 saturated carbocycles. The minimum absolute atomic E-state index is 0.101. The highest BCUT2D eigenvalue weighted by Gasteiger charge is 2.49. The van der Waals surface area contributed by atoms with Crippen molar-refractivity contribution in [2.75, 3.05) is 13.2 Å². The topological polar surface area (TPSA) is 92.2 Å². The Morgan fingerprint density at radius 2 is 2.19 bits per heavy atom. The third-order valence-electron chi connectivity index (χ3n) is 4.75. The molecule has 1 aromatic rings. The van der Waals surface area contributed by atoms with E-state index in [2.05, 4.69) is 22.4 Å². The molecule has 0 aromatic heterocycles. The van der Waals surface area contributed by atoms with Gasteiger partial charge in [0, 0.05) is 31.1 Å². The summed E-state index contributed by atoms with van der Waals surface area (Å²) in [5, 5.41) is 8.81. The van der Waals surface area contributed by atoms with Crippen LogP contribution in [0, 0.1) is 0 Å². The summed E-state index contributed by atoms with van der Waals surface area (Å²) in [6, 6.07) is 7.71. The van der Waals surface area contributed by atoms with Crippen LogP contribution in [0.2, 0.25) is 0 Å². The van der Waals surface area contributed by atoms with Gasteiger partial charge in [-0.15, -0.1) is 6.58 Å². The molecular formula is C20H27N3O4. The zero-order chi connectivity index (χ0) is 19.3. The van der Waals surface area contributed by atoms with Gasteiger partial charge in [0.1, 0.15) is 11.9 Å². The second-order valence-corrected chi connectivity index (χ2v) is 6.92. The molecule has 2 atom stereocenters. The molecule has 1 fully saturated rings. The van der Waals surface area contributed by atoms with Gasteiger partial charge in [-0.3, -0.25) is 10.2 Å². The number of hydrogen-bond acceptors (Lipinski definition) is 6. The van der Waals surface area contributed by atoms with Crippen LogP contribution in [0.1, 0.15) is 38.2 Å². The summed E-state index contributed by atoms with van der Waals surface area (Å²) >= 11 is 0. The molecule has 0 saturated heterocycles. The highest BCUT2D eigenvalue weighted by atomic mass is 16.5. The first kappa shape index (κ1) is 19.4. The summed E-state index contributed by atoms with van der Waals surface area (Å²) in [5.74, 6) is 0.941. The largest absolute Gasteiger partial charge is 0.494 e. The minimum atomic E-state index is -1.03. The van der Waals surface area contributed by atoms with E-state index >= 15 is 0 Å². The van der Waals surface area contributed by atoms with E-state index < -0.39 is 11.6 Å². The zero-order valence-electron chi connectivity index (χ0n) is 15.6. The molecule has 0 bridgehead atoms. The molecular weight excluding hydrogens is 346 g/mol. The quantitative estimate of drug-likeness (QED) is 0.330. The number of amides is 1. The van der Waals surface area contributed by atoms with Gasteiger partial charge in [0.05, 0.1) is 6.61 Å². The normalized spacial score (nSPS) is 24.1. The van der Waals surface area contributed by atoms with Crippen molar-refractivity contribution in [3.63, 3.8) is 0 Å². The summed E-state index contributed by atoms with van der Waals surface area (Å²) in [7, 11) is 0. The molecule has 2 aliphatic rings. The van der Waals surface area contributed by atoms with Crippen LogP contribution in [-0.4, -0.2) is 47.8 Å². The van der Waals surface area contributed by atoms with Gasteiger partial charge in [-0.2, -0.15) is 0 Å². The molecule has 0 radical (unpaired) electrons. The van der Waals surface area contributed by atoms with Crippen LogP contribution in [0.15, 0.2) is 41.9 Å². The second kappa shape index (κ2) is 8.54. The van der Waals surface area contributed by atoms with Gasteiger partial charge in [-0.05, 0) is 44.0 Å². The van der Waals surface area contributed by atoms with Crippen LogP contribution in [0.25, 0.3) is 0 Å². The predicted molar refractivity (Wildman–Crippen MR) is 103 cm³/mol. The number of carbonyl (C=O) groups excluding carboxylic acids is 1. The highest BCUT2D eigenvalue weighted by Crippen LogP contribution is 2.32. The molecule has 0 spiro atoms. The Hall–Kier alpha value is -2.38. The zero-order valence-corrected chi connectivity index (χ0v) is 15.6. The fourth-order valence-electron chi connectivity index (χ4n) is 2.91.